The zero-order chi connectivity index (χ0) is 17.8. The second-order valence-corrected chi connectivity index (χ2v) is 6.06. The molecule has 126 valence electrons. The van der Waals surface area contributed by atoms with Crippen LogP contribution in [-0.2, 0) is 0 Å². The number of nitrogens with one attached hydrogen (secondary N) is 1. The average molecular weight is 331 g/mol. The van der Waals surface area contributed by atoms with Crippen molar-refractivity contribution in [2.45, 2.75) is 20.8 Å². The van der Waals surface area contributed by atoms with Crippen LogP contribution in [0, 0.1) is 20.8 Å². The molecule has 0 saturated carbocycles. The monoisotopic (exact) mass is 331 g/mol. The van der Waals surface area contributed by atoms with Crippen molar-refractivity contribution in [1.29, 1.82) is 0 Å². The molecule has 3 aromatic rings. The van der Waals surface area contributed by atoms with Gasteiger partial charge in [0.05, 0.1) is 6.21 Å². The Bertz CT molecular complexity index is 918. The number of aryl methyl sites for hydroxylation is 3. The van der Waals surface area contributed by atoms with E-state index < -0.39 is 0 Å². The third kappa shape index (κ3) is 3.69. The van der Waals surface area contributed by atoms with E-state index in [9.17, 15) is 4.79 Å². The maximum Gasteiger partial charge on any atom is 0.271 e. The van der Waals surface area contributed by atoms with Crippen molar-refractivity contribution < 1.29 is 4.79 Å². The van der Waals surface area contributed by atoms with Crippen LogP contribution in [0.25, 0.3) is 5.69 Å². The molecule has 2 aromatic carbocycles. The third-order valence-electron chi connectivity index (χ3n) is 4.20. The van der Waals surface area contributed by atoms with Crippen molar-refractivity contribution in [3.63, 3.8) is 0 Å². The summed E-state index contributed by atoms with van der Waals surface area (Å²) < 4.78 is 2.12. The lowest BCUT2D eigenvalue weighted by Crippen LogP contribution is -2.18. The van der Waals surface area contributed by atoms with Gasteiger partial charge in [0.2, 0.25) is 0 Å². The van der Waals surface area contributed by atoms with Gasteiger partial charge in [0.1, 0.15) is 0 Å². The zero-order valence-corrected chi connectivity index (χ0v) is 14.7. The van der Waals surface area contributed by atoms with Gasteiger partial charge in [-0.2, -0.15) is 5.10 Å². The summed E-state index contributed by atoms with van der Waals surface area (Å²) in [7, 11) is 0. The van der Waals surface area contributed by atoms with E-state index in [0.29, 0.717) is 5.56 Å². The Labute approximate surface area is 147 Å². The summed E-state index contributed by atoms with van der Waals surface area (Å²) in [5, 5.41) is 4.07. The molecule has 4 nitrogen and oxygen atoms in total. The van der Waals surface area contributed by atoms with Crippen LogP contribution in [0.15, 0.2) is 65.8 Å². The molecule has 0 aliphatic carbocycles. The van der Waals surface area contributed by atoms with Crippen molar-refractivity contribution in [1.82, 2.24) is 9.99 Å². The van der Waals surface area contributed by atoms with Crippen LogP contribution in [0.4, 0.5) is 0 Å². The molecule has 0 spiro atoms. The van der Waals surface area contributed by atoms with Gasteiger partial charge in [-0.25, -0.2) is 5.43 Å². The van der Waals surface area contributed by atoms with E-state index in [1.54, 1.807) is 12.3 Å². The summed E-state index contributed by atoms with van der Waals surface area (Å²) in [5.74, 6) is -0.228. The van der Waals surface area contributed by atoms with E-state index in [1.165, 1.54) is 0 Å². The number of hydrogen-bond donors (Lipinski definition) is 1. The molecule has 0 fully saturated rings. The molecule has 0 aliphatic heterocycles. The second-order valence-electron chi connectivity index (χ2n) is 6.06. The molecule has 0 bridgehead atoms. The van der Waals surface area contributed by atoms with Crippen LogP contribution >= 0.6 is 0 Å². The normalized spacial score (nSPS) is 11.0. The summed E-state index contributed by atoms with van der Waals surface area (Å²) in [5.41, 5.74) is 8.50. The average Bonchev–Trinajstić information content (AvgIpc) is 2.95. The summed E-state index contributed by atoms with van der Waals surface area (Å²) in [6, 6.07) is 19.6. The number of hydrazone groups is 1. The lowest BCUT2D eigenvalue weighted by atomic mass is 10.1. The molecule has 0 radical (unpaired) electrons. The van der Waals surface area contributed by atoms with E-state index in [2.05, 4.69) is 27.2 Å². The Hall–Kier alpha value is -3.14. The Balaban J connectivity index is 1.77. The minimum atomic E-state index is -0.228. The highest BCUT2D eigenvalue weighted by molar-refractivity contribution is 5.95. The lowest BCUT2D eigenvalue weighted by molar-refractivity contribution is 0.0955. The third-order valence-corrected chi connectivity index (χ3v) is 4.20. The van der Waals surface area contributed by atoms with Crippen LogP contribution in [0.3, 0.4) is 0 Å². The van der Waals surface area contributed by atoms with Crippen LogP contribution < -0.4 is 5.43 Å². The molecule has 3 rings (SSSR count). The second kappa shape index (κ2) is 7.18. The van der Waals surface area contributed by atoms with Gasteiger partial charge in [0, 0.05) is 22.6 Å². The summed E-state index contributed by atoms with van der Waals surface area (Å²) >= 11 is 0. The van der Waals surface area contributed by atoms with Crippen molar-refractivity contribution in [3.05, 3.63) is 88.7 Å². The predicted molar refractivity (Wildman–Crippen MR) is 101 cm³/mol. The summed E-state index contributed by atoms with van der Waals surface area (Å²) in [4.78, 5) is 12.4. The van der Waals surface area contributed by atoms with E-state index >= 15 is 0 Å². The fraction of sp³-hybridized carbons (Fsp3) is 0.143. The quantitative estimate of drug-likeness (QED) is 0.566. The Morgan fingerprint density at radius 2 is 1.68 bits per heavy atom. The number of carbonyl (C=O) groups excluding carboxylic acids is 1. The van der Waals surface area contributed by atoms with Crippen molar-refractivity contribution in [2.24, 2.45) is 5.10 Å². The Morgan fingerprint density at radius 3 is 2.40 bits per heavy atom. The summed E-state index contributed by atoms with van der Waals surface area (Å²) in [6.07, 6.45) is 1.66. The van der Waals surface area contributed by atoms with Crippen LogP contribution in [0.1, 0.15) is 32.9 Å². The Morgan fingerprint density at radius 1 is 0.960 bits per heavy atom. The highest BCUT2D eigenvalue weighted by Crippen LogP contribution is 2.17. The molecule has 0 atom stereocenters. The van der Waals surface area contributed by atoms with Gasteiger partial charge in [0.15, 0.2) is 0 Å². The maximum atomic E-state index is 12.4. The van der Waals surface area contributed by atoms with Gasteiger partial charge in [-0.3, -0.25) is 4.79 Å². The molecule has 0 aliphatic rings. The molecular weight excluding hydrogens is 310 g/mol. The summed E-state index contributed by atoms with van der Waals surface area (Å²) in [6.45, 7) is 6.10. The fourth-order valence-electron chi connectivity index (χ4n) is 2.82. The minimum absolute atomic E-state index is 0.228. The van der Waals surface area contributed by atoms with Crippen LogP contribution in [0.5, 0.6) is 0 Å². The number of carbonyl (C=O) groups is 1. The van der Waals surface area contributed by atoms with E-state index in [1.807, 2.05) is 63.2 Å². The van der Waals surface area contributed by atoms with Gasteiger partial charge in [-0.15, -0.1) is 0 Å². The Kier molecular flexibility index (Phi) is 4.80. The predicted octanol–water partition coefficient (Wildman–Crippen LogP) is 4.17. The standard InChI is InChI=1S/C21H21N3O/c1-15-7-4-5-8-19(15)14-22-23-21(25)18-9-6-10-20(13-18)24-16(2)11-12-17(24)3/h4-14H,1-3H3,(H,23,25)/b22-14+. The van der Waals surface area contributed by atoms with Crippen molar-refractivity contribution >= 4 is 12.1 Å². The van der Waals surface area contributed by atoms with Crippen molar-refractivity contribution in [3.8, 4) is 5.69 Å². The number of benzene rings is 2. The first-order valence-corrected chi connectivity index (χ1v) is 8.20. The number of rotatable bonds is 4. The topological polar surface area (TPSA) is 46.4 Å². The SMILES string of the molecule is Cc1ccccc1/C=N/NC(=O)c1cccc(-n2c(C)ccc2C)c1. The first kappa shape index (κ1) is 16.7. The largest absolute Gasteiger partial charge is 0.318 e. The molecule has 1 aromatic heterocycles. The first-order chi connectivity index (χ1) is 12.1. The molecule has 1 N–H and O–H groups in total. The van der Waals surface area contributed by atoms with E-state index in [4.69, 9.17) is 0 Å². The minimum Gasteiger partial charge on any atom is -0.318 e. The highest BCUT2D eigenvalue weighted by Gasteiger charge is 2.08. The molecule has 1 heterocycles. The van der Waals surface area contributed by atoms with Crippen molar-refractivity contribution in [2.75, 3.05) is 0 Å². The number of nitrogens with zero attached hydrogens (tertiary/aromatic N) is 2. The zero-order valence-electron chi connectivity index (χ0n) is 14.7. The van der Waals surface area contributed by atoms with Gasteiger partial charge in [-0.05, 0) is 62.2 Å². The van der Waals surface area contributed by atoms with Gasteiger partial charge >= 0.3 is 0 Å². The number of amides is 1. The van der Waals surface area contributed by atoms with Crippen LogP contribution in [0.2, 0.25) is 0 Å². The number of aromatic nitrogens is 1. The fourth-order valence-corrected chi connectivity index (χ4v) is 2.82. The molecule has 0 unspecified atom stereocenters. The van der Waals surface area contributed by atoms with Crippen LogP contribution in [-0.4, -0.2) is 16.7 Å². The smallest absolute Gasteiger partial charge is 0.271 e. The molecule has 1 amide bonds. The van der Waals surface area contributed by atoms with Gasteiger partial charge in [-0.1, -0.05) is 30.3 Å². The van der Waals surface area contributed by atoms with E-state index in [-0.39, 0.29) is 5.91 Å². The van der Waals surface area contributed by atoms with E-state index in [0.717, 1.165) is 28.2 Å². The van der Waals surface area contributed by atoms with Gasteiger partial charge in [0.25, 0.3) is 5.91 Å². The molecule has 4 heteroatoms. The lowest BCUT2D eigenvalue weighted by Gasteiger charge is -2.10. The number of hydrogen-bond acceptors (Lipinski definition) is 2. The molecular formula is C21H21N3O. The van der Waals surface area contributed by atoms with Gasteiger partial charge < -0.3 is 4.57 Å². The molecule has 0 saturated heterocycles. The molecule has 25 heavy (non-hydrogen) atoms. The maximum absolute atomic E-state index is 12.4. The first-order valence-electron chi connectivity index (χ1n) is 8.20. The highest BCUT2D eigenvalue weighted by atomic mass is 16.2.